The minimum atomic E-state index is -0.742. The fraction of sp³-hybridized carbons (Fsp3) is 0.294. The number of anilines is 1. The van der Waals surface area contributed by atoms with E-state index in [1.54, 1.807) is 19.1 Å². The Labute approximate surface area is 147 Å². The molecule has 0 radical (unpaired) electrons. The summed E-state index contributed by atoms with van der Waals surface area (Å²) in [5.74, 6) is -0.129. The van der Waals surface area contributed by atoms with Crippen molar-refractivity contribution in [2.45, 2.75) is 32.2 Å². The molecule has 1 aliphatic carbocycles. The van der Waals surface area contributed by atoms with Crippen LogP contribution in [-0.2, 0) is 17.6 Å². The van der Waals surface area contributed by atoms with Gasteiger partial charge in [-0.2, -0.15) is 5.10 Å². The summed E-state index contributed by atoms with van der Waals surface area (Å²) in [6.07, 6.45) is 2.72. The number of fused-ring (bicyclic) bond motifs is 1. The third-order valence-electron chi connectivity index (χ3n) is 4.26. The third-order valence-corrected chi connectivity index (χ3v) is 5.15. The topological polar surface area (TPSA) is 90.0 Å². The van der Waals surface area contributed by atoms with Gasteiger partial charge in [-0.1, -0.05) is 11.2 Å². The molecule has 7 nitrogen and oxygen atoms in total. The lowest BCUT2D eigenvalue weighted by Crippen LogP contribution is -2.33. The minimum Gasteiger partial charge on any atom is -0.338 e. The van der Waals surface area contributed by atoms with E-state index in [0.717, 1.165) is 35.4 Å². The van der Waals surface area contributed by atoms with Crippen molar-refractivity contribution in [3.8, 4) is 10.6 Å². The lowest BCUT2D eigenvalue weighted by Gasteiger charge is -2.13. The van der Waals surface area contributed by atoms with Crippen molar-refractivity contribution < 1.29 is 9.32 Å². The lowest BCUT2D eigenvalue weighted by molar-refractivity contribution is -0.119. The molecule has 8 heteroatoms. The van der Waals surface area contributed by atoms with Crippen LogP contribution in [0.25, 0.3) is 10.6 Å². The highest BCUT2D eigenvalue weighted by atomic mass is 32.1. The summed E-state index contributed by atoms with van der Waals surface area (Å²) in [5, 5.41) is 12.9. The van der Waals surface area contributed by atoms with Gasteiger partial charge in [-0.25, -0.2) is 4.68 Å². The van der Waals surface area contributed by atoms with E-state index in [1.807, 2.05) is 17.5 Å². The number of hydrogen-bond donors (Lipinski definition) is 1. The number of rotatable bonds is 4. The Balaban J connectivity index is 1.52. The lowest BCUT2D eigenvalue weighted by atomic mass is 10.2. The summed E-state index contributed by atoms with van der Waals surface area (Å²) < 4.78 is 6.40. The molecule has 0 aromatic carbocycles. The van der Waals surface area contributed by atoms with Crippen LogP contribution in [0.1, 0.15) is 30.6 Å². The highest BCUT2D eigenvalue weighted by molar-refractivity contribution is 7.13. The predicted octanol–water partition coefficient (Wildman–Crippen LogP) is 2.65. The summed E-state index contributed by atoms with van der Waals surface area (Å²) in [7, 11) is 0. The van der Waals surface area contributed by atoms with Gasteiger partial charge in [0, 0.05) is 12.1 Å². The van der Waals surface area contributed by atoms with Gasteiger partial charge >= 0.3 is 0 Å². The standard InChI is InChI=1S/C17H16N4O3S/c1-10(21-16(22)8-11-4-2-5-12(11)19-21)17(23)18-15-9-13(20-24-15)14-6-3-7-25-14/h3,6-10H,2,4-5H2,1H3,(H,18,23)/t10-/m1/s1. The van der Waals surface area contributed by atoms with Gasteiger partial charge in [-0.15, -0.1) is 11.3 Å². The van der Waals surface area contributed by atoms with Crippen molar-refractivity contribution in [1.29, 1.82) is 0 Å². The van der Waals surface area contributed by atoms with Crippen molar-refractivity contribution in [2.75, 3.05) is 5.32 Å². The zero-order chi connectivity index (χ0) is 17.4. The second-order valence-electron chi connectivity index (χ2n) is 5.97. The molecule has 0 saturated carbocycles. The second-order valence-corrected chi connectivity index (χ2v) is 6.92. The van der Waals surface area contributed by atoms with E-state index in [0.29, 0.717) is 5.69 Å². The molecule has 4 rings (SSSR count). The molecule has 0 unspecified atom stereocenters. The highest BCUT2D eigenvalue weighted by Crippen LogP contribution is 2.26. The Morgan fingerprint density at radius 3 is 3.08 bits per heavy atom. The Bertz CT molecular complexity index is 974. The Morgan fingerprint density at radius 2 is 2.28 bits per heavy atom. The number of amides is 1. The zero-order valence-electron chi connectivity index (χ0n) is 13.6. The van der Waals surface area contributed by atoms with Crippen LogP contribution < -0.4 is 10.9 Å². The number of thiophene rings is 1. The maximum absolute atomic E-state index is 12.5. The fourth-order valence-corrected chi connectivity index (χ4v) is 3.58. The molecule has 3 aromatic rings. The number of carbonyl (C=O) groups excluding carboxylic acids is 1. The first-order chi connectivity index (χ1) is 12.1. The van der Waals surface area contributed by atoms with E-state index in [9.17, 15) is 9.59 Å². The summed E-state index contributed by atoms with van der Waals surface area (Å²) in [6, 6.07) is 6.34. The van der Waals surface area contributed by atoms with Gasteiger partial charge < -0.3 is 4.52 Å². The zero-order valence-corrected chi connectivity index (χ0v) is 14.4. The van der Waals surface area contributed by atoms with Gasteiger partial charge in [0.15, 0.2) is 0 Å². The molecule has 1 aliphatic rings. The van der Waals surface area contributed by atoms with E-state index >= 15 is 0 Å². The predicted molar refractivity (Wildman–Crippen MR) is 93.7 cm³/mol. The van der Waals surface area contributed by atoms with Gasteiger partial charge in [-0.3, -0.25) is 14.9 Å². The van der Waals surface area contributed by atoms with Gasteiger partial charge in [0.1, 0.15) is 11.7 Å². The Hall–Kier alpha value is -2.74. The maximum atomic E-state index is 12.5. The Kier molecular flexibility index (Phi) is 3.96. The molecule has 25 heavy (non-hydrogen) atoms. The molecular formula is C17H16N4O3S. The van der Waals surface area contributed by atoms with Crippen molar-refractivity contribution in [1.82, 2.24) is 14.9 Å². The van der Waals surface area contributed by atoms with Crippen LogP contribution in [0.15, 0.2) is 39.0 Å². The highest BCUT2D eigenvalue weighted by Gasteiger charge is 2.22. The van der Waals surface area contributed by atoms with Crippen LogP contribution >= 0.6 is 11.3 Å². The first kappa shape index (κ1) is 15.8. The van der Waals surface area contributed by atoms with E-state index in [2.05, 4.69) is 15.6 Å². The molecule has 0 fully saturated rings. The molecule has 1 N–H and O–H groups in total. The molecule has 0 aliphatic heterocycles. The molecule has 1 atom stereocenters. The Morgan fingerprint density at radius 1 is 1.40 bits per heavy atom. The van der Waals surface area contributed by atoms with E-state index < -0.39 is 6.04 Å². The van der Waals surface area contributed by atoms with E-state index in [1.165, 1.54) is 16.0 Å². The van der Waals surface area contributed by atoms with Gasteiger partial charge in [0.25, 0.3) is 11.5 Å². The first-order valence-corrected chi connectivity index (χ1v) is 8.93. The monoisotopic (exact) mass is 356 g/mol. The second kappa shape index (κ2) is 6.29. The van der Waals surface area contributed by atoms with Gasteiger partial charge in [-0.05, 0) is 43.2 Å². The SMILES string of the molecule is C[C@H](C(=O)Nc1cc(-c2cccs2)no1)n1nc2c(cc1=O)CCC2. The van der Waals surface area contributed by atoms with Crippen LogP contribution in [-0.4, -0.2) is 20.8 Å². The van der Waals surface area contributed by atoms with Crippen LogP contribution in [0.5, 0.6) is 0 Å². The quantitative estimate of drug-likeness (QED) is 0.776. The number of aryl methyl sites for hydroxylation is 2. The smallest absolute Gasteiger partial charge is 0.267 e. The average Bonchev–Trinajstić information content (AvgIpc) is 3.33. The summed E-state index contributed by atoms with van der Waals surface area (Å²) in [5.41, 5.74) is 2.29. The van der Waals surface area contributed by atoms with E-state index in [-0.39, 0.29) is 17.4 Å². The number of aromatic nitrogens is 3. The first-order valence-electron chi connectivity index (χ1n) is 8.05. The van der Waals surface area contributed by atoms with Crippen LogP contribution in [0.4, 0.5) is 5.88 Å². The molecular weight excluding hydrogens is 340 g/mol. The summed E-state index contributed by atoms with van der Waals surface area (Å²) in [4.78, 5) is 25.6. The number of carbonyl (C=O) groups is 1. The van der Waals surface area contributed by atoms with Crippen LogP contribution in [0, 0.1) is 0 Å². The van der Waals surface area contributed by atoms with Crippen molar-refractivity contribution in [3.05, 3.63) is 51.3 Å². The molecule has 128 valence electrons. The molecule has 0 spiro atoms. The molecule has 3 aromatic heterocycles. The number of nitrogens with one attached hydrogen (secondary N) is 1. The fourth-order valence-electron chi connectivity index (χ4n) is 2.90. The van der Waals surface area contributed by atoms with Gasteiger partial charge in [0.2, 0.25) is 5.88 Å². The van der Waals surface area contributed by atoms with Crippen LogP contribution in [0.3, 0.4) is 0 Å². The largest absolute Gasteiger partial charge is 0.338 e. The summed E-state index contributed by atoms with van der Waals surface area (Å²) in [6.45, 7) is 1.64. The van der Waals surface area contributed by atoms with Gasteiger partial charge in [0.05, 0.1) is 10.6 Å². The van der Waals surface area contributed by atoms with Crippen LogP contribution in [0.2, 0.25) is 0 Å². The minimum absolute atomic E-state index is 0.245. The number of hydrogen-bond acceptors (Lipinski definition) is 6. The van der Waals surface area contributed by atoms with E-state index in [4.69, 9.17) is 4.52 Å². The molecule has 3 heterocycles. The normalized spacial score (nSPS) is 14.3. The van der Waals surface area contributed by atoms with Crippen molar-refractivity contribution in [2.24, 2.45) is 0 Å². The van der Waals surface area contributed by atoms with Crippen molar-refractivity contribution in [3.63, 3.8) is 0 Å². The summed E-state index contributed by atoms with van der Waals surface area (Å²) >= 11 is 1.53. The molecule has 0 saturated heterocycles. The average molecular weight is 356 g/mol. The molecule has 1 amide bonds. The van der Waals surface area contributed by atoms with Crippen molar-refractivity contribution >= 4 is 23.1 Å². The number of nitrogens with zero attached hydrogens (tertiary/aromatic N) is 3. The third kappa shape index (κ3) is 3.00. The maximum Gasteiger partial charge on any atom is 0.267 e. The molecule has 0 bridgehead atoms.